The summed E-state index contributed by atoms with van der Waals surface area (Å²) in [6.45, 7) is 8.00. The van der Waals surface area contributed by atoms with Crippen LogP contribution in [0.5, 0.6) is 0 Å². The summed E-state index contributed by atoms with van der Waals surface area (Å²) in [7, 11) is -3.82. The van der Waals surface area contributed by atoms with Crippen LogP contribution in [0.4, 0.5) is 4.79 Å². The van der Waals surface area contributed by atoms with Gasteiger partial charge in [0.1, 0.15) is 17.3 Å². The molecule has 1 aromatic heterocycles. The number of carbonyl (C=O) groups excluding carboxylic acids is 4. The van der Waals surface area contributed by atoms with Gasteiger partial charge in [-0.15, -0.1) is 0 Å². The molecule has 0 spiro atoms. The van der Waals surface area contributed by atoms with Gasteiger partial charge in [-0.2, -0.15) is 0 Å². The van der Waals surface area contributed by atoms with E-state index in [1.807, 2.05) is 0 Å². The average molecular weight is 680 g/mol. The number of esters is 1. The number of hydrogen-bond acceptors (Lipinski definition) is 10. The summed E-state index contributed by atoms with van der Waals surface area (Å²) in [5.74, 6) is -2.09. The Hall–Kier alpha value is -4.85. The molecule has 0 bridgehead atoms. The molecule has 2 heterocycles. The predicted molar refractivity (Wildman–Crippen MR) is 176 cm³/mol. The van der Waals surface area contributed by atoms with Crippen molar-refractivity contribution >= 4 is 33.7 Å². The van der Waals surface area contributed by atoms with E-state index in [0.717, 1.165) is 0 Å². The fourth-order valence-corrected chi connectivity index (χ4v) is 6.27. The molecule has 48 heavy (non-hydrogen) atoms. The third-order valence-electron chi connectivity index (χ3n) is 7.26. The van der Waals surface area contributed by atoms with E-state index in [2.05, 4.69) is 15.3 Å². The van der Waals surface area contributed by atoms with Crippen LogP contribution in [0.25, 0.3) is 11.4 Å². The summed E-state index contributed by atoms with van der Waals surface area (Å²) in [4.78, 5) is 64.3. The van der Waals surface area contributed by atoms with Crippen molar-refractivity contribution in [2.75, 3.05) is 32.8 Å². The third-order valence-corrected chi connectivity index (χ3v) is 8.93. The lowest BCUT2D eigenvalue weighted by molar-refractivity contribution is -0.155. The molecular weight excluding hydrogens is 638 g/mol. The number of aromatic nitrogens is 2. The predicted octanol–water partition coefficient (Wildman–Crippen LogP) is 3.64. The Balaban J connectivity index is 1.61. The Labute approximate surface area is 280 Å². The Morgan fingerprint density at radius 1 is 0.896 bits per heavy atom. The Kier molecular flexibility index (Phi) is 11.9. The molecule has 0 unspecified atom stereocenters. The second kappa shape index (κ2) is 15.8. The van der Waals surface area contributed by atoms with Crippen LogP contribution >= 0.6 is 0 Å². The summed E-state index contributed by atoms with van der Waals surface area (Å²) in [6.07, 6.45) is -0.692. The molecular formula is C34H41N5O8S. The van der Waals surface area contributed by atoms with Gasteiger partial charge in [0.2, 0.25) is 5.91 Å². The minimum atomic E-state index is -3.82. The Morgan fingerprint density at radius 3 is 2.10 bits per heavy atom. The summed E-state index contributed by atoms with van der Waals surface area (Å²) in [5, 5.41) is 2.72. The first kappa shape index (κ1) is 36.0. The number of carbonyl (C=O) groups is 4. The maximum absolute atomic E-state index is 13.8. The van der Waals surface area contributed by atoms with Gasteiger partial charge in [0, 0.05) is 38.2 Å². The van der Waals surface area contributed by atoms with Crippen LogP contribution in [0.1, 0.15) is 56.7 Å². The molecule has 3 amide bonds. The SMILES string of the molecule is CCOC(=O)N1CCN(C(=O)[C@H](CCC(=O)OC(C)(C)C)NC(=O)c2cc(CS(=O)(=O)c3ccccc3)nc(-c3ccccc3)n2)CC1. The van der Waals surface area contributed by atoms with Gasteiger partial charge in [-0.05, 0) is 52.3 Å². The fourth-order valence-electron chi connectivity index (χ4n) is 5.00. The van der Waals surface area contributed by atoms with Crippen LogP contribution < -0.4 is 5.32 Å². The van der Waals surface area contributed by atoms with Crippen molar-refractivity contribution in [3.05, 3.63) is 78.1 Å². The van der Waals surface area contributed by atoms with E-state index in [1.165, 1.54) is 28.0 Å². The van der Waals surface area contributed by atoms with Crippen LogP contribution in [-0.4, -0.2) is 96.5 Å². The zero-order valence-corrected chi connectivity index (χ0v) is 28.4. The summed E-state index contributed by atoms with van der Waals surface area (Å²) in [6, 6.07) is 16.8. The highest BCUT2D eigenvalue weighted by Gasteiger charge is 2.32. The van der Waals surface area contributed by atoms with E-state index in [1.54, 1.807) is 76.2 Å². The first-order chi connectivity index (χ1) is 22.8. The van der Waals surface area contributed by atoms with Crippen molar-refractivity contribution in [2.24, 2.45) is 0 Å². The first-order valence-corrected chi connectivity index (χ1v) is 17.4. The van der Waals surface area contributed by atoms with Crippen LogP contribution in [0.15, 0.2) is 71.6 Å². The number of ether oxygens (including phenoxy) is 2. The molecule has 0 saturated carbocycles. The molecule has 14 heteroatoms. The molecule has 1 saturated heterocycles. The van der Waals surface area contributed by atoms with Crippen molar-refractivity contribution in [2.45, 2.75) is 62.8 Å². The largest absolute Gasteiger partial charge is 0.460 e. The van der Waals surface area contributed by atoms with Crippen LogP contribution in [0, 0.1) is 0 Å². The van der Waals surface area contributed by atoms with Gasteiger partial charge in [-0.3, -0.25) is 14.4 Å². The molecule has 4 rings (SSSR count). The molecule has 1 aliphatic rings. The lowest BCUT2D eigenvalue weighted by Gasteiger charge is -2.36. The van der Waals surface area contributed by atoms with E-state index >= 15 is 0 Å². The second-order valence-corrected chi connectivity index (χ2v) is 14.2. The molecule has 256 valence electrons. The molecule has 0 aliphatic carbocycles. The lowest BCUT2D eigenvalue weighted by atomic mass is 10.1. The highest BCUT2D eigenvalue weighted by Crippen LogP contribution is 2.21. The molecule has 0 radical (unpaired) electrons. The zero-order valence-electron chi connectivity index (χ0n) is 27.5. The van der Waals surface area contributed by atoms with Gasteiger partial charge in [0.05, 0.1) is 22.9 Å². The monoisotopic (exact) mass is 679 g/mol. The molecule has 1 N–H and O–H groups in total. The van der Waals surface area contributed by atoms with Crippen molar-refractivity contribution in [1.82, 2.24) is 25.1 Å². The number of nitrogens with zero attached hydrogens (tertiary/aromatic N) is 4. The van der Waals surface area contributed by atoms with Gasteiger partial charge in [0.15, 0.2) is 15.7 Å². The van der Waals surface area contributed by atoms with Gasteiger partial charge >= 0.3 is 12.1 Å². The van der Waals surface area contributed by atoms with Gasteiger partial charge < -0.3 is 24.6 Å². The standard InChI is InChI=1S/C34H41N5O8S/c1-5-46-33(43)39-20-18-38(19-21-39)32(42)27(16-17-29(40)47-34(2,3)4)37-31(41)28-22-25(23-48(44,45)26-14-10-7-11-15-26)35-30(36-28)24-12-8-6-9-13-24/h6-15,22,27H,5,16-21,23H2,1-4H3,(H,37,41)/t27-/m0/s1. The van der Waals surface area contributed by atoms with E-state index in [0.29, 0.717) is 5.56 Å². The van der Waals surface area contributed by atoms with Crippen molar-refractivity contribution in [1.29, 1.82) is 0 Å². The smallest absolute Gasteiger partial charge is 0.409 e. The van der Waals surface area contributed by atoms with Gasteiger partial charge in [-0.25, -0.2) is 23.2 Å². The normalized spacial score (nSPS) is 14.2. The van der Waals surface area contributed by atoms with Gasteiger partial charge in [-0.1, -0.05) is 48.5 Å². The molecule has 2 aromatic carbocycles. The Morgan fingerprint density at radius 2 is 1.50 bits per heavy atom. The van der Waals surface area contributed by atoms with Crippen LogP contribution in [0.2, 0.25) is 0 Å². The molecule has 3 aromatic rings. The Bertz CT molecular complexity index is 1700. The summed E-state index contributed by atoms with van der Waals surface area (Å²) >= 11 is 0. The van der Waals surface area contributed by atoms with E-state index in [9.17, 15) is 27.6 Å². The number of rotatable bonds is 11. The van der Waals surface area contributed by atoms with Crippen LogP contribution in [0.3, 0.4) is 0 Å². The van der Waals surface area contributed by atoms with E-state index in [4.69, 9.17) is 9.47 Å². The number of nitrogens with one attached hydrogen (secondary N) is 1. The van der Waals surface area contributed by atoms with Crippen molar-refractivity contribution < 1.29 is 37.1 Å². The molecule has 1 fully saturated rings. The minimum Gasteiger partial charge on any atom is -0.460 e. The van der Waals surface area contributed by atoms with Crippen molar-refractivity contribution in [3.63, 3.8) is 0 Å². The number of sulfone groups is 1. The summed E-state index contributed by atoms with van der Waals surface area (Å²) < 4.78 is 37.0. The topological polar surface area (TPSA) is 165 Å². The lowest BCUT2D eigenvalue weighted by Crippen LogP contribution is -2.56. The fraction of sp³-hybridized carbons (Fsp3) is 0.412. The van der Waals surface area contributed by atoms with E-state index in [-0.39, 0.29) is 67.7 Å². The number of piperazine rings is 1. The average Bonchev–Trinajstić information content (AvgIpc) is 3.06. The maximum Gasteiger partial charge on any atom is 0.409 e. The van der Waals surface area contributed by atoms with E-state index < -0.39 is 51.1 Å². The number of amides is 3. The van der Waals surface area contributed by atoms with Gasteiger partial charge in [0.25, 0.3) is 5.91 Å². The third kappa shape index (κ3) is 10.1. The highest BCUT2D eigenvalue weighted by atomic mass is 32.2. The molecule has 1 aliphatic heterocycles. The minimum absolute atomic E-state index is 0.0660. The maximum atomic E-state index is 13.8. The first-order valence-electron chi connectivity index (χ1n) is 15.7. The zero-order chi connectivity index (χ0) is 34.9. The molecule has 1 atom stereocenters. The van der Waals surface area contributed by atoms with Crippen molar-refractivity contribution in [3.8, 4) is 11.4 Å². The quantitative estimate of drug-likeness (QED) is 0.296. The number of hydrogen-bond donors (Lipinski definition) is 1. The summed E-state index contributed by atoms with van der Waals surface area (Å²) in [5.41, 5.74) is -0.245. The molecule has 13 nitrogen and oxygen atoms in total. The number of benzene rings is 2. The second-order valence-electron chi connectivity index (χ2n) is 12.2. The van der Waals surface area contributed by atoms with Crippen LogP contribution in [-0.2, 0) is 34.7 Å². The highest BCUT2D eigenvalue weighted by molar-refractivity contribution is 7.90.